The van der Waals surface area contributed by atoms with Gasteiger partial charge in [0.05, 0.1) is 22.3 Å². The molecule has 0 spiro atoms. The molecule has 98 valence electrons. The van der Waals surface area contributed by atoms with Crippen molar-refractivity contribution in [2.75, 3.05) is 0 Å². The summed E-state index contributed by atoms with van der Waals surface area (Å²) in [5, 5.41) is 14.1. The molecule has 1 aliphatic carbocycles. The van der Waals surface area contributed by atoms with Crippen molar-refractivity contribution in [3.05, 3.63) is 47.2 Å². The number of rotatable bonds is 3. The van der Waals surface area contributed by atoms with Crippen LogP contribution >= 0.6 is 11.6 Å². The molecule has 0 atom stereocenters. The molecule has 0 saturated heterocycles. The predicted molar refractivity (Wildman–Crippen MR) is 71.7 cm³/mol. The van der Waals surface area contributed by atoms with Gasteiger partial charge in [0.1, 0.15) is 0 Å². The van der Waals surface area contributed by atoms with E-state index in [0.29, 0.717) is 5.02 Å². The van der Waals surface area contributed by atoms with Crippen LogP contribution in [0.5, 0.6) is 0 Å². The fourth-order valence-corrected chi connectivity index (χ4v) is 2.67. The van der Waals surface area contributed by atoms with Crippen LogP contribution in [0.3, 0.4) is 0 Å². The molecule has 0 unspecified atom stereocenters. The molecule has 4 nitrogen and oxygen atoms in total. The van der Waals surface area contributed by atoms with Crippen LogP contribution in [0.25, 0.3) is 5.69 Å². The lowest BCUT2D eigenvalue weighted by atomic mass is 9.64. The maximum Gasteiger partial charge on any atom is 0.314 e. The van der Waals surface area contributed by atoms with Crippen molar-refractivity contribution in [1.82, 2.24) is 9.78 Å². The standard InChI is InChI=1S/C14H13ClN2O2/c15-11-8-16-17(9-11)12-4-2-10(3-5-12)14(13(18)19)6-1-7-14/h2-5,8-9H,1,6-7H2,(H,18,19). The Kier molecular flexibility index (Phi) is 2.82. The topological polar surface area (TPSA) is 55.1 Å². The predicted octanol–water partition coefficient (Wildman–Crippen LogP) is 3.03. The molecule has 0 radical (unpaired) electrons. The van der Waals surface area contributed by atoms with E-state index < -0.39 is 11.4 Å². The second-order valence-electron chi connectivity index (χ2n) is 4.89. The molecule has 0 amide bonds. The number of nitrogens with zero attached hydrogens (tertiary/aromatic N) is 2. The number of aliphatic carboxylic acids is 1. The number of aromatic nitrogens is 2. The van der Waals surface area contributed by atoms with E-state index in [1.807, 2.05) is 24.3 Å². The van der Waals surface area contributed by atoms with Crippen LogP contribution in [0.4, 0.5) is 0 Å². The molecule has 5 heteroatoms. The van der Waals surface area contributed by atoms with E-state index in [1.54, 1.807) is 17.1 Å². The number of carbonyl (C=O) groups is 1. The molecule has 1 aliphatic rings. The summed E-state index contributed by atoms with van der Waals surface area (Å²) in [5.74, 6) is -0.728. The van der Waals surface area contributed by atoms with Crippen molar-refractivity contribution in [3.63, 3.8) is 0 Å². The minimum atomic E-state index is -0.728. The van der Waals surface area contributed by atoms with Crippen molar-refractivity contribution < 1.29 is 9.90 Å². The van der Waals surface area contributed by atoms with Crippen LogP contribution in [0.15, 0.2) is 36.7 Å². The fourth-order valence-electron chi connectivity index (χ4n) is 2.53. The molecule has 1 heterocycles. The van der Waals surface area contributed by atoms with E-state index in [1.165, 1.54) is 0 Å². The molecule has 0 aliphatic heterocycles. The van der Waals surface area contributed by atoms with Crippen molar-refractivity contribution in [2.24, 2.45) is 0 Å². The zero-order chi connectivity index (χ0) is 13.5. The summed E-state index contributed by atoms with van der Waals surface area (Å²) in [6.45, 7) is 0. The smallest absolute Gasteiger partial charge is 0.314 e. The minimum Gasteiger partial charge on any atom is -0.481 e. The van der Waals surface area contributed by atoms with Gasteiger partial charge in [0, 0.05) is 6.20 Å². The average molecular weight is 277 g/mol. The van der Waals surface area contributed by atoms with Crippen LogP contribution in [0.2, 0.25) is 5.02 Å². The third kappa shape index (κ3) is 1.92. The van der Waals surface area contributed by atoms with E-state index in [2.05, 4.69) is 5.10 Å². The van der Waals surface area contributed by atoms with Gasteiger partial charge in [0.25, 0.3) is 0 Å². The fraction of sp³-hybridized carbons (Fsp3) is 0.286. The van der Waals surface area contributed by atoms with Crippen molar-refractivity contribution in [3.8, 4) is 5.69 Å². The monoisotopic (exact) mass is 276 g/mol. The van der Waals surface area contributed by atoms with Crippen LogP contribution in [-0.4, -0.2) is 20.9 Å². The minimum absolute atomic E-state index is 0.574. The van der Waals surface area contributed by atoms with Gasteiger partial charge >= 0.3 is 5.97 Å². The van der Waals surface area contributed by atoms with E-state index in [0.717, 1.165) is 30.5 Å². The third-order valence-corrected chi connectivity index (χ3v) is 4.05. The lowest BCUT2D eigenvalue weighted by Gasteiger charge is -2.38. The van der Waals surface area contributed by atoms with Crippen LogP contribution < -0.4 is 0 Å². The summed E-state index contributed by atoms with van der Waals surface area (Å²) in [6.07, 6.45) is 5.69. The summed E-state index contributed by atoms with van der Waals surface area (Å²) < 4.78 is 1.67. The first kappa shape index (κ1) is 12.2. The lowest BCUT2D eigenvalue weighted by molar-refractivity contribution is -0.147. The first-order valence-electron chi connectivity index (χ1n) is 6.16. The Hall–Kier alpha value is -1.81. The van der Waals surface area contributed by atoms with E-state index >= 15 is 0 Å². The van der Waals surface area contributed by atoms with E-state index in [4.69, 9.17) is 11.6 Å². The zero-order valence-corrected chi connectivity index (χ0v) is 11.0. The molecule has 3 rings (SSSR count). The Labute approximate surface area is 115 Å². The Morgan fingerprint density at radius 2 is 2.00 bits per heavy atom. The first-order chi connectivity index (χ1) is 9.12. The largest absolute Gasteiger partial charge is 0.481 e. The van der Waals surface area contributed by atoms with Crippen LogP contribution in [0, 0.1) is 0 Å². The van der Waals surface area contributed by atoms with Gasteiger partial charge in [0.2, 0.25) is 0 Å². The van der Waals surface area contributed by atoms with Crippen LogP contribution in [0.1, 0.15) is 24.8 Å². The van der Waals surface area contributed by atoms with Gasteiger partial charge in [-0.3, -0.25) is 4.79 Å². The summed E-state index contributed by atoms with van der Waals surface area (Å²) in [6, 6.07) is 7.50. The molecule has 19 heavy (non-hydrogen) atoms. The highest BCUT2D eigenvalue weighted by Gasteiger charge is 2.45. The highest BCUT2D eigenvalue weighted by molar-refractivity contribution is 6.30. The van der Waals surface area contributed by atoms with Crippen LogP contribution in [-0.2, 0) is 10.2 Å². The maximum atomic E-state index is 11.4. The third-order valence-electron chi connectivity index (χ3n) is 3.85. The molecule has 1 N–H and O–H groups in total. The highest BCUT2D eigenvalue weighted by atomic mass is 35.5. The van der Waals surface area contributed by atoms with E-state index in [-0.39, 0.29) is 0 Å². The summed E-state index contributed by atoms with van der Waals surface area (Å²) in [5.41, 5.74) is 1.06. The molecule has 1 fully saturated rings. The second kappa shape index (κ2) is 4.38. The van der Waals surface area contributed by atoms with Gasteiger partial charge < -0.3 is 5.11 Å². The van der Waals surface area contributed by atoms with Gasteiger partial charge in [0.15, 0.2) is 0 Å². The van der Waals surface area contributed by atoms with Gasteiger partial charge in [-0.2, -0.15) is 5.10 Å². The normalized spacial score (nSPS) is 16.9. The molecular weight excluding hydrogens is 264 g/mol. The van der Waals surface area contributed by atoms with E-state index in [9.17, 15) is 9.90 Å². The summed E-state index contributed by atoms with van der Waals surface area (Å²) in [7, 11) is 0. The number of benzene rings is 1. The molecule has 1 aromatic heterocycles. The molecule has 1 saturated carbocycles. The summed E-state index contributed by atoms with van der Waals surface area (Å²) >= 11 is 5.83. The number of halogens is 1. The first-order valence-corrected chi connectivity index (χ1v) is 6.54. The molecule has 1 aromatic carbocycles. The molecule has 2 aromatic rings. The average Bonchev–Trinajstić information content (AvgIpc) is 2.75. The maximum absolute atomic E-state index is 11.4. The highest BCUT2D eigenvalue weighted by Crippen LogP contribution is 2.44. The lowest BCUT2D eigenvalue weighted by Crippen LogP contribution is -2.42. The second-order valence-corrected chi connectivity index (χ2v) is 5.33. The van der Waals surface area contributed by atoms with Crippen molar-refractivity contribution >= 4 is 17.6 Å². The van der Waals surface area contributed by atoms with Gasteiger partial charge in [-0.25, -0.2) is 4.68 Å². The Balaban J connectivity index is 1.93. The Bertz CT molecular complexity index is 615. The van der Waals surface area contributed by atoms with Crippen molar-refractivity contribution in [1.29, 1.82) is 0 Å². The SMILES string of the molecule is O=C(O)C1(c2ccc(-n3cc(Cl)cn3)cc2)CCC1. The number of hydrogen-bond donors (Lipinski definition) is 1. The van der Waals surface area contributed by atoms with Crippen molar-refractivity contribution in [2.45, 2.75) is 24.7 Å². The summed E-state index contributed by atoms with van der Waals surface area (Å²) in [4.78, 5) is 11.4. The quantitative estimate of drug-likeness (QED) is 0.937. The Morgan fingerprint density at radius 1 is 1.32 bits per heavy atom. The van der Waals surface area contributed by atoms with Gasteiger partial charge in [-0.15, -0.1) is 0 Å². The van der Waals surface area contributed by atoms with Gasteiger partial charge in [-0.1, -0.05) is 30.2 Å². The van der Waals surface area contributed by atoms with Gasteiger partial charge in [-0.05, 0) is 30.5 Å². The number of carboxylic acids is 1. The zero-order valence-electron chi connectivity index (χ0n) is 10.2. The molecular formula is C14H13ClN2O2. The molecule has 0 bridgehead atoms. The Morgan fingerprint density at radius 3 is 2.42 bits per heavy atom. The number of carboxylic acid groups (broad SMARTS) is 1. The number of hydrogen-bond acceptors (Lipinski definition) is 2.